The zero-order valence-corrected chi connectivity index (χ0v) is 48.9. The Morgan fingerprint density at radius 2 is 0.493 bits per heavy atom. The minimum absolute atomic E-state index is 0.0618. The molecule has 0 aliphatic carbocycles. The Kier molecular flexibility index (Phi) is 56.4. The van der Waals surface area contributed by atoms with Crippen LogP contribution in [0.15, 0.2) is 0 Å². The lowest BCUT2D eigenvalue weighted by Gasteiger charge is -2.18. The molecule has 0 heterocycles. The van der Waals surface area contributed by atoms with Crippen molar-refractivity contribution in [3.63, 3.8) is 0 Å². The van der Waals surface area contributed by atoms with E-state index in [2.05, 4.69) is 34.6 Å². The van der Waals surface area contributed by atoms with Crippen molar-refractivity contribution < 1.29 is 28.6 Å². The van der Waals surface area contributed by atoms with E-state index in [0.29, 0.717) is 19.3 Å². The van der Waals surface area contributed by atoms with Crippen LogP contribution in [0.3, 0.4) is 0 Å². The van der Waals surface area contributed by atoms with Crippen LogP contribution < -0.4 is 0 Å². The number of esters is 3. The Morgan fingerprint density at radius 1 is 0.282 bits per heavy atom. The van der Waals surface area contributed by atoms with Gasteiger partial charge in [0.15, 0.2) is 6.10 Å². The van der Waals surface area contributed by atoms with Gasteiger partial charge in [-0.3, -0.25) is 14.4 Å². The SMILES string of the molecule is CCCCCCCCCCCCCCCC(=O)OC[C@@H](COC(=O)CCCCCCCCCCCCCCCCC(C)CC)OC(=O)CCCCCCCCCCCCCCCCCCCCC(C)CC. The Labute approximate surface area is 444 Å². The molecule has 0 aromatic carbocycles. The Hall–Kier alpha value is -1.59. The molecule has 0 amide bonds. The summed E-state index contributed by atoms with van der Waals surface area (Å²) in [5.41, 5.74) is 0. The minimum Gasteiger partial charge on any atom is -0.462 e. The van der Waals surface area contributed by atoms with Crippen molar-refractivity contribution in [3.8, 4) is 0 Å². The highest BCUT2D eigenvalue weighted by atomic mass is 16.6. The van der Waals surface area contributed by atoms with Crippen LogP contribution in [0.1, 0.15) is 369 Å². The largest absolute Gasteiger partial charge is 0.462 e. The smallest absolute Gasteiger partial charge is 0.306 e. The second-order valence-electron chi connectivity index (χ2n) is 22.9. The van der Waals surface area contributed by atoms with Crippen LogP contribution in [-0.2, 0) is 28.6 Å². The van der Waals surface area contributed by atoms with Gasteiger partial charge in [-0.1, -0.05) is 330 Å². The number of hydrogen-bond donors (Lipinski definition) is 0. The van der Waals surface area contributed by atoms with Gasteiger partial charge in [-0.05, 0) is 31.1 Å². The number of carbonyl (C=O) groups excluding carboxylic acids is 3. The summed E-state index contributed by atoms with van der Waals surface area (Å²) >= 11 is 0. The van der Waals surface area contributed by atoms with E-state index in [0.717, 1.165) is 69.6 Å². The van der Waals surface area contributed by atoms with E-state index in [4.69, 9.17) is 14.2 Å². The standard InChI is InChI=1S/C65H126O6/c1-6-9-10-11-12-13-14-23-30-35-40-45-50-55-63(66)69-58-62(59-70-64(67)56-51-46-41-36-31-26-22-21-25-29-34-39-44-49-54-61(5)8-3)71-65(68)57-52-47-42-37-32-27-20-18-16-15-17-19-24-28-33-38-43-48-53-60(4)7-2/h60-62H,6-59H2,1-5H3/t60?,61?,62-/m0/s1. The predicted molar refractivity (Wildman–Crippen MR) is 307 cm³/mol. The first kappa shape index (κ1) is 69.4. The lowest BCUT2D eigenvalue weighted by Crippen LogP contribution is -2.30. The van der Waals surface area contributed by atoms with Crippen LogP contribution in [0.5, 0.6) is 0 Å². The van der Waals surface area contributed by atoms with Gasteiger partial charge in [0, 0.05) is 19.3 Å². The van der Waals surface area contributed by atoms with Crippen LogP contribution in [0, 0.1) is 11.8 Å². The zero-order chi connectivity index (χ0) is 51.8. The van der Waals surface area contributed by atoms with Gasteiger partial charge in [-0.15, -0.1) is 0 Å². The number of rotatable bonds is 59. The van der Waals surface area contributed by atoms with Crippen LogP contribution in [0.2, 0.25) is 0 Å². The van der Waals surface area contributed by atoms with E-state index in [-0.39, 0.29) is 31.1 Å². The summed E-state index contributed by atoms with van der Waals surface area (Å²) < 4.78 is 17.0. The number of carbonyl (C=O) groups is 3. The first-order chi connectivity index (χ1) is 34.8. The van der Waals surface area contributed by atoms with Gasteiger partial charge in [-0.2, -0.15) is 0 Å². The summed E-state index contributed by atoms with van der Waals surface area (Å²) in [5.74, 6) is 0.974. The quantitative estimate of drug-likeness (QED) is 0.0343. The molecule has 0 rings (SSSR count). The maximum Gasteiger partial charge on any atom is 0.306 e. The molecule has 71 heavy (non-hydrogen) atoms. The van der Waals surface area contributed by atoms with Gasteiger partial charge >= 0.3 is 17.9 Å². The molecule has 0 N–H and O–H groups in total. The van der Waals surface area contributed by atoms with Gasteiger partial charge in [0.05, 0.1) is 0 Å². The predicted octanol–water partition coefficient (Wildman–Crippen LogP) is 21.6. The Balaban J connectivity index is 4.25. The van der Waals surface area contributed by atoms with Crippen molar-refractivity contribution in [2.24, 2.45) is 11.8 Å². The van der Waals surface area contributed by atoms with Gasteiger partial charge in [0.25, 0.3) is 0 Å². The third kappa shape index (κ3) is 56.0. The molecule has 422 valence electrons. The average molecular weight is 1000 g/mol. The molecule has 0 bridgehead atoms. The van der Waals surface area contributed by atoms with Gasteiger partial charge in [0.2, 0.25) is 0 Å². The molecular formula is C65H126O6. The lowest BCUT2D eigenvalue weighted by atomic mass is 9.99. The second-order valence-corrected chi connectivity index (χ2v) is 22.9. The summed E-state index contributed by atoms with van der Waals surface area (Å²) in [4.78, 5) is 38.3. The number of ether oxygens (including phenoxy) is 3. The summed E-state index contributed by atoms with van der Waals surface area (Å²) in [7, 11) is 0. The maximum atomic E-state index is 12.9. The highest BCUT2D eigenvalue weighted by molar-refractivity contribution is 5.71. The van der Waals surface area contributed by atoms with Crippen molar-refractivity contribution in [1.29, 1.82) is 0 Å². The zero-order valence-electron chi connectivity index (χ0n) is 48.9. The molecule has 0 aromatic rings. The van der Waals surface area contributed by atoms with Crippen molar-refractivity contribution in [2.75, 3.05) is 13.2 Å². The molecule has 0 aromatic heterocycles. The highest BCUT2D eigenvalue weighted by Crippen LogP contribution is 2.20. The van der Waals surface area contributed by atoms with Crippen LogP contribution in [-0.4, -0.2) is 37.2 Å². The van der Waals surface area contributed by atoms with E-state index < -0.39 is 6.10 Å². The Bertz CT molecular complexity index is 1090. The first-order valence-electron chi connectivity index (χ1n) is 32.3. The monoisotopic (exact) mass is 1000 g/mol. The average Bonchev–Trinajstić information content (AvgIpc) is 3.37. The normalized spacial score (nSPS) is 12.8. The molecule has 0 saturated heterocycles. The van der Waals surface area contributed by atoms with Crippen LogP contribution in [0.25, 0.3) is 0 Å². The minimum atomic E-state index is -0.763. The summed E-state index contributed by atoms with van der Waals surface area (Å²) in [6.45, 7) is 11.5. The molecule has 0 radical (unpaired) electrons. The van der Waals surface area contributed by atoms with Crippen molar-refractivity contribution >= 4 is 17.9 Å². The molecule has 0 saturated carbocycles. The fraction of sp³-hybridized carbons (Fsp3) is 0.954. The van der Waals surface area contributed by atoms with Crippen molar-refractivity contribution in [2.45, 2.75) is 375 Å². The van der Waals surface area contributed by atoms with Crippen molar-refractivity contribution in [1.82, 2.24) is 0 Å². The molecule has 0 spiro atoms. The van der Waals surface area contributed by atoms with E-state index >= 15 is 0 Å². The van der Waals surface area contributed by atoms with Gasteiger partial charge < -0.3 is 14.2 Å². The second kappa shape index (κ2) is 57.7. The summed E-state index contributed by atoms with van der Waals surface area (Å²) in [6.07, 6.45) is 63.8. The van der Waals surface area contributed by atoms with E-state index in [9.17, 15) is 14.4 Å². The third-order valence-electron chi connectivity index (χ3n) is 15.7. The fourth-order valence-corrected chi connectivity index (χ4v) is 10.0. The van der Waals surface area contributed by atoms with Gasteiger partial charge in [-0.25, -0.2) is 0 Å². The molecule has 3 atom stereocenters. The molecular weight excluding hydrogens is 877 g/mol. The number of unbranched alkanes of at least 4 members (excludes halogenated alkanes) is 42. The topological polar surface area (TPSA) is 78.9 Å². The maximum absolute atomic E-state index is 12.9. The molecule has 6 heteroatoms. The fourth-order valence-electron chi connectivity index (χ4n) is 10.0. The van der Waals surface area contributed by atoms with Crippen molar-refractivity contribution in [3.05, 3.63) is 0 Å². The molecule has 0 aliphatic heterocycles. The van der Waals surface area contributed by atoms with Gasteiger partial charge in [0.1, 0.15) is 13.2 Å². The summed E-state index contributed by atoms with van der Waals surface area (Å²) in [6, 6.07) is 0. The van der Waals surface area contributed by atoms with Crippen LogP contribution in [0.4, 0.5) is 0 Å². The van der Waals surface area contributed by atoms with E-state index in [1.807, 2.05) is 0 Å². The summed E-state index contributed by atoms with van der Waals surface area (Å²) in [5, 5.41) is 0. The molecule has 0 aliphatic rings. The molecule has 0 fully saturated rings. The van der Waals surface area contributed by atoms with E-state index in [1.54, 1.807) is 0 Å². The molecule has 2 unspecified atom stereocenters. The molecule has 6 nitrogen and oxygen atoms in total. The van der Waals surface area contributed by atoms with Crippen LogP contribution >= 0.6 is 0 Å². The Morgan fingerprint density at radius 3 is 0.732 bits per heavy atom. The third-order valence-corrected chi connectivity index (χ3v) is 15.7. The first-order valence-corrected chi connectivity index (χ1v) is 32.3. The highest BCUT2D eigenvalue weighted by Gasteiger charge is 2.19. The lowest BCUT2D eigenvalue weighted by molar-refractivity contribution is -0.167. The number of hydrogen-bond acceptors (Lipinski definition) is 6. The van der Waals surface area contributed by atoms with E-state index in [1.165, 1.54) is 257 Å².